The Hall–Kier alpha value is -0.0151. The Labute approximate surface area is 114 Å². The van der Waals surface area contributed by atoms with Gasteiger partial charge in [-0.2, -0.15) is 0 Å². The van der Waals surface area contributed by atoms with Crippen LogP contribution in [0.15, 0.2) is 0 Å². The van der Waals surface area contributed by atoms with Gasteiger partial charge in [-0.15, -0.1) is 0 Å². The van der Waals surface area contributed by atoms with Crippen molar-refractivity contribution in [2.24, 2.45) is 11.8 Å². The van der Waals surface area contributed by atoms with Gasteiger partial charge in [-0.1, -0.05) is 59.6 Å². The second kappa shape index (κ2) is 6.95. The average molecular weight is 253 g/mol. The van der Waals surface area contributed by atoms with Gasteiger partial charge in [0.15, 0.2) is 6.29 Å². The highest BCUT2D eigenvalue weighted by atomic mass is 16.7. The number of rotatable bonds is 6. The van der Waals surface area contributed by atoms with Crippen molar-refractivity contribution in [1.29, 1.82) is 0 Å². The lowest BCUT2D eigenvalue weighted by Gasteiger charge is -2.20. The second-order valence-electron chi connectivity index (χ2n) is 7.10. The van der Waals surface area contributed by atoms with E-state index in [9.17, 15) is 0 Å². The van der Waals surface area contributed by atoms with E-state index in [2.05, 4.69) is 48.8 Å². The van der Waals surface area contributed by atoms with Crippen LogP contribution in [0, 0.1) is 11.8 Å². The van der Waals surface area contributed by atoms with Crippen molar-refractivity contribution < 1.29 is 9.47 Å². The average Bonchev–Trinajstić information content (AvgIpc) is 2.72. The lowest BCUT2D eigenvalue weighted by molar-refractivity contribution is -0.0941. The summed E-state index contributed by atoms with van der Waals surface area (Å²) in [6, 6.07) is 0. The molecule has 1 heterocycles. The summed E-state index contributed by atoms with van der Waals surface area (Å²) in [5.41, 5.74) is 0. The third-order valence-electron chi connectivity index (χ3n) is 3.53. The summed E-state index contributed by atoms with van der Waals surface area (Å²) >= 11 is 0. The van der Waals surface area contributed by atoms with E-state index in [1.54, 1.807) is 0 Å². The maximum atomic E-state index is 5.95. The maximum absolute atomic E-state index is 5.95. The molecule has 0 aromatic heterocycles. The summed E-state index contributed by atoms with van der Waals surface area (Å²) < 4.78 is 11.6. The molecular formula is C15H30BO2. The zero-order valence-corrected chi connectivity index (χ0v) is 13.0. The van der Waals surface area contributed by atoms with E-state index in [1.807, 2.05) is 0 Å². The first-order chi connectivity index (χ1) is 8.29. The molecule has 3 heteroatoms. The summed E-state index contributed by atoms with van der Waals surface area (Å²) in [4.78, 5) is 0. The first-order valence-corrected chi connectivity index (χ1v) is 7.41. The zero-order valence-electron chi connectivity index (χ0n) is 13.0. The third kappa shape index (κ3) is 5.75. The van der Waals surface area contributed by atoms with Crippen LogP contribution < -0.4 is 0 Å². The molecule has 1 saturated heterocycles. The quantitative estimate of drug-likeness (QED) is 0.523. The van der Waals surface area contributed by atoms with E-state index in [4.69, 9.17) is 9.47 Å². The molecule has 1 aliphatic heterocycles. The molecule has 3 atom stereocenters. The molecule has 2 nitrogen and oxygen atoms in total. The SMILES string of the molecule is CC(C)C1OCC(C(C)CCC[B]C(C)(C)C)O1. The monoisotopic (exact) mass is 253 g/mol. The van der Waals surface area contributed by atoms with Gasteiger partial charge in [0.05, 0.1) is 12.7 Å². The molecule has 3 unspecified atom stereocenters. The molecule has 0 aliphatic carbocycles. The van der Waals surface area contributed by atoms with Crippen LogP contribution in [-0.4, -0.2) is 26.3 Å². The number of hydrogen-bond acceptors (Lipinski definition) is 2. The molecule has 105 valence electrons. The molecule has 0 amide bonds. The molecule has 1 fully saturated rings. The van der Waals surface area contributed by atoms with Crippen LogP contribution in [0.2, 0.25) is 11.6 Å². The fourth-order valence-electron chi connectivity index (χ4n) is 2.25. The van der Waals surface area contributed by atoms with Crippen LogP contribution in [0.4, 0.5) is 0 Å². The topological polar surface area (TPSA) is 18.5 Å². The summed E-state index contributed by atoms with van der Waals surface area (Å²) in [5.74, 6) is 1.05. The largest absolute Gasteiger partial charge is 0.350 e. The lowest BCUT2D eigenvalue weighted by Crippen LogP contribution is -2.23. The highest BCUT2D eigenvalue weighted by Crippen LogP contribution is 2.27. The lowest BCUT2D eigenvalue weighted by atomic mass is 9.53. The summed E-state index contributed by atoms with van der Waals surface area (Å²) in [5, 5.41) is 0.346. The minimum Gasteiger partial charge on any atom is -0.350 e. The molecule has 18 heavy (non-hydrogen) atoms. The first kappa shape index (κ1) is 16.0. The van der Waals surface area contributed by atoms with E-state index < -0.39 is 0 Å². The van der Waals surface area contributed by atoms with Crippen molar-refractivity contribution in [3.8, 4) is 0 Å². The van der Waals surface area contributed by atoms with E-state index in [0.717, 1.165) is 6.61 Å². The van der Waals surface area contributed by atoms with Crippen molar-refractivity contribution >= 4 is 7.28 Å². The van der Waals surface area contributed by atoms with Crippen LogP contribution in [0.5, 0.6) is 0 Å². The van der Waals surface area contributed by atoms with E-state index >= 15 is 0 Å². The van der Waals surface area contributed by atoms with Gasteiger partial charge in [-0.3, -0.25) is 0 Å². The fraction of sp³-hybridized carbons (Fsp3) is 1.00. The Morgan fingerprint density at radius 2 is 1.89 bits per heavy atom. The van der Waals surface area contributed by atoms with Gasteiger partial charge in [0.1, 0.15) is 7.28 Å². The molecule has 0 spiro atoms. The van der Waals surface area contributed by atoms with E-state index in [1.165, 1.54) is 19.2 Å². The molecule has 0 saturated carbocycles. The molecule has 0 bridgehead atoms. The zero-order chi connectivity index (χ0) is 13.8. The van der Waals surface area contributed by atoms with Crippen LogP contribution in [0.3, 0.4) is 0 Å². The van der Waals surface area contributed by atoms with Gasteiger partial charge in [0.25, 0.3) is 0 Å². The van der Waals surface area contributed by atoms with Crippen LogP contribution >= 0.6 is 0 Å². The van der Waals surface area contributed by atoms with Crippen molar-refractivity contribution in [2.45, 2.75) is 78.4 Å². The van der Waals surface area contributed by atoms with Gasteiger partial charge >= 0.3 is 0 Å². The molecule has 1 radical (unpaired) electrons. The minimum atomic E-state index is 0.0126. The van der Waals surface area contributed by atoms with Gasteiger partial charge in [0, 0.05) is 5.92 Å². The minimum absolute atomic E-state index is 0.0126. The number of ether oxygens (including phenoxy) is 2. The van der Waals surface area contributed by atoms with Crippen molar-refractivity contribution in [3.63, 3.8) is 0 Å². The van der Waals surface area contributed by atoms with Gasteiger partial charge < -0.3 is 9.47 Å². The van der Waals surface area contributed by atoms with Gasteiger partial charge in [-0.25, -0.2) is 0 Å². The van der Waals surface area contributed by atoms with Crippen molar-refractivity contribution in [2.75, 3.05) is 6.61 Å². The number of hydrogen-bond donors (Lipinski definition) is 0. The molecule has 0 aromatic carbocycles. The first-order valence-electron chi connectivity index (χ1n) is 7.41. The second-order valence-corrected chi connectivity index (χ2v) is 7.10. The van der Waals surface area contributed by atoms with Crippen molar-refractivity contribution in [1.82, 2.24) is 0 Å². The standard InChI is InChI=1S/C15H30BO2/c1-11(2)14-17-10-13(18-14)12(3)8-7-9-16-15(4,5)6/h11-14H,7-10H2,1-6H3. The van der Waals surface area contributed by atoms with Crippen molar-refractivity contribution in [3.05, 3.63) is 0 Å². The Balaban J connectivity index is 2.16. The highest BCUT2D eigenvalue weighted by molar-refractivity contribution is 6.39. The molecular weight excluding hydrogens is 223 g/mol. The Bertz CT molecular complexity index is 235. The highest BCUT2D eigenvalue weighted by Gasteiger charge is 2.31. The molecule has 1 rings (SSSR count). The van der Waals surface area contributed by atoms with Crippen LogP contribution in [0.25, 0.3) is 0 Å². The fourth-order valence-corrected chi connectivity index (χ4v) is 2.25. The molecule has 1 aliphatic rings. The van der Waals surface area contributed by atoms with Gasteiger partial charge in [-0.05, 0) is 12.3 Å². The molecule has 0 N–H and O–H groups in total. The van der Waals surface area contributed by atoms with Gasteiger partial charge in [0.2, 0.25) is 0 Å². The normalized spacial score (nSPS) is 26.6. The smallest absolute Gasteiger partial charge is 0.160 e. The molecule has 0 aromatic rings. The van der Waals surface area contributed by atoms with E-state index in [-0.39, 0.29) is 6.29 Å². The van der Waals surface area contributed by atoms with E-state index in [0.29, 0.717) is 23.3 Å². The Morgan fingerprint density at radius 1 is 1.22 bits per heavy atom. The Morgan fingerprint density at radius 3 is 2.39 bits per heavy atom. The summed E-state index contributed by atoms with van der Waals surface area (Å²) in [7, 11) is 2.42. The summed E-state index contributed by atoms with van der Waals surface area (Å²) in [6.07, 6.45) is 4.00. The summed E-state index contributed by atoms with van der Waals surface area (Å²) in [6.45, 7) is 14.1. The predicted octanol–water partition coefficient (Wildman–Crippen LogP) is 4.14. The third-order valence-corrected chi connectivity index (χ3v) is 3.53. The van der Waals surface area contributed by atoms with Crippen LogP contribution in [-0.2, 0) is 9.47 Å². The van der Waals surface area contributed by atoms with Crippen LogP contribution in [0.1, 0.15) is 54.4 Å². The predicted molar refractivity (Wildman–Crippen MR) is 78.1 cm³/mol. The Kier molecular flexibility index (Phi) is 6.20. The maximum Gasteiger partial charge on any atom is 0.160 e.